The van der Waals surface area contributed by atoms with Gasteiger partial charge in [-0.25, -0.2) is 8.42 Å². The minimum Gasteiger partial charge on any atom is -0.497 e. The molecule has 0 aromatic heterocycles. The van der Waals surface area contributed by atoms with E-state index in [0.717, 1.165) is 4.47 Å². The summed E-state index contributed by atoms with van der Waals surface area (Å²) >= 11 is 3.33. The van der Waals surface area contributed by atoms with E-state index < -0.39 is 9.84 Å². The van der Waals surface area contributed by atoms with Crippen LogP contribution in [-0.2, 0) is 14.6 Å². The molecule has 0 fully saturated rings. The molecule has 7 heteroatoms. The largest absolute Gasteiger partial charge is 0.497 e. The van der Waals surface area contributed by atoms with Crippen LogP contribution in [-0.4, -0.2) is 27.2 Å². The highest BCUT2D eigenvalue weighted by molar-refractivity contribution is 9.10. The van der Waals surface area contributed by atoms with Crippen molar-refractivity contribution < 1.29 is 17.9 Å². The Kier molecular flexibility index (Phi) is 6.39. The number of hydrogen-bond acceptors (Lipinski definition) is 4. The third-order valence-corrected chi connectivity index (χ3v) is 5.65. The van der Waals surface area contributed by atoms with Gasteiger partial charge in [-0.2, -0.15) is 0 Å². The normalized spacial score (nSPS) is 11.1. The molecule has 2 rings (SSSR count). The molecule has 2 aromatic rings. The summed E-state index contributed by atoms with van der Waals surface area (Å²) in [5, 5.41) is 2.74. The lowest BCUT2D eigenvalue weighted by atomic mass is 10.3. The summed E-state index contributed by atoms with van der Waals surface area (Å²) in [6.07, 6.45) is 0.399. The third-order valence-electron chi connectivity index (χ3n) is 3.34. The first kappa shape index (κ1) is 18.5. The van der Waals surface area contributed by atoms with E-state index in [1.807, 2.05) is 12.1 Å². The summed E-state index contributed by atoms with van der Waals surface area (Å²) in [6.45, 7) is 0. The molecule has 0 heterocycles. The van der Waals surface area contributed by atoms with Crippen LogP contribution < -0.4 is 10.1 Å². The molecule has 0 atom stereocenters. The van der Waals surface area contributed by atoms with Gasteiger partial charge < -0.3 is 10.1 Å². The van der Waals surface area contributed by atoms with E-state index in [1.165, 1.54) is 19.2 Å². The Morgan fingerprint density at radius 2 is 1.88 bits per heavy atom. The van der Waals surface area contributed by atoms with E-state index >= 15 is 0 Å². The number of amides is 1. The van der Waals surface area contributed by atoms with Gasteiger partial charge in [-0.3, -0.25) is 4.79 Å². The van der Waals surface area contributed by atoms with Gasteiger partial charge in [-0.05, 0) is 48.9 Å². The van der Waals surface area contributed by atoms with Crippen LogP contribution in [0.4, 0.5) is 5.69 Å². The molecule has 0 aliphatic heterocycles. The van der Waals surface area contributed by atoms with Gasteiger partial charge in [0.1, 0.15) is 5.75 Å². The fraction of sp³-hybridized carbons (Fsp3) is 0.235. The van der Waals surface area contributed by atoms with Crippen LogP contribution in [0.25, 0.3) is 0 Å². The first-order valence-corrected chi connectivity index (χ1v) is 9.77. The predicted octanol–water partition coefficient (Wildman–Crippen LogP) is 3.65. The topological polar surface area (TPSA) is 72.5 Å². The first-order valence-electron chi connectivity index (χ1n) is 7.33. The third kappa shape index (κ3) is 5.35. The number of ether oxygens (including phenoxy) is 1. The van der Waals surface area contributed by atoms with E-state index in [4.69, 9.17) is 4.74 Å². The smallest absolute Gasteiger partial charge is 0.224 e. The molecule has 2 aromatic carbocycles. The number of carbonyl (C=O) groups excluding carboxylic acids is 1. The van der Waals surface area contributed by atoms with Crippen LogP contribution in [0.3, 0.4) is 0 Å². The number of hydrogen-bond donors (Lipinski definition) is 1. The van der Waals surface area contributed by atoms with Crippen molar-refractivity contribution in [2.45, 2.75) is 17.7 Å². The molecule has 0 unspecified atom stereocenters. The summed E-state index contributed by atoms with van der Waals surface area (Å²) in [4.78, 5) is 12.1. The van der Waals surface area contributed by atoms with E-state index in [-0.39, 0.29) is 29.4 Å². The van der Waals surface area contributed by atoms with Gasteiger partial charge in [0.25, 0.3) is 0 Å². The van der Waals surface area contributed by atoms with Crippen molar-refractivity contribution in [3.63, 3.8) is 0 Å². The molecule has 0 radical (unpaired) electrons. The zero-order valence-electron chi connectivity index (χ0n) is 13.2. The molecule has 128 valence electrons. The van der Waals surface area contributed by atoms with Gasteiger partial charge in [-0.1, -0.05) is 22.0 Å². The molecule has 0 saturated carbocycles. The second-order valence-electron chi connectivity index (χ2n) is 5.16. The first-order chi connectivity index (χ1) is 11.4. The quantitative estimate of drug-likeness (QED) is 0.754. The number of nitrogens with one attached hydrogen (secondary N) is 1. The Balaban J connectivity index is 1.86. The van der Waals surface area contributed by atoms with Crippen molar-refractivity contribution in [3.05, 3.63) is 53.0 Å². The molecule has 0 bridgehead atoms. The molecule has 0 saturated heterocycles. The van der Waals surface area contributed by atoms with Gasteiger partial charge in [0.2, 0.25) is 5.91 Å². The van der Waals surface area contributed by atoms with Crippen LogP contribution in [0.15, 0.2) is 57.9 Å². The fourth-order valence-electron chi connectivity index (χ4n) is 2.11. The van der Waals surface area contributed by atoms with E-state index in [1.54, 1.807) is 24.3 Å². The number of sulfone groups is 1. The molecule has 0 aliphatic carbocycles. The number of anilines is 1. The summed E-state index contributed by atoms with van der Waals surface area (Å²) in [5.41, 5.74) is 0.674. The number of methoxy groups -OCH3 is 1. The standard InChI is InChI=1S/C17H18BrNO4S/c1-23-15-7-9-16(10-8-15)24(21,22)11-3-6-17(20)19-14-5-2-4-13(18)12-14/h2,4-5,7-10,12H,3,6,11H2,1H3,(H,19,20). The number of rotatable bonds is 7. The zero-order chi connectivity index (χ0) is 17.6. The van der Waals surface area contributed by atoms with Gasteiger partial charge in [-0.15, -0.1) is 0 Å². The van der Waals surface area contributed by atoms with Crippen molar-refractivity contribution in [2.75, 3.05) is 18.2 Å². The molecular formula is C17H18BrNO4S. The van der Waals surface area contributed by atoms with Gasteiger partial charge in [0, 0.05) is 16.6 Å². The lowest BCUT2D eigenvalue weighted by Crippen LogP contribution is -2.14. The summed E-state index contributed by atoms with van der Waals surface area (Å²) < 4.78 is 30.3. The Morgan fingerprint density at radius 1 is 1.17 bits per heavy atom. The maximum atomic E-state index is 12.2. The van der Waals surface area contributed by atoms with Crippen molar-refractivity contribution in [1.29, 1.82) is 0 Å². The fourth-order valence-corrected chi connectivity index (χ4v) is 3.82. The van der Waals surface area contributed by atoms with Crippen LogP contribution in [0, 0.1) is 0 Å². The Labute approximate surface area is 150 Å². The minimum atomic E-state index is -3.40. The van der Waals surface area contributed by atoms with Crippen LogP contribution >= 0.6 is 15.9 Å². The highest BCUT2D eigenvalue weighted by Crippen LogP contribution is 2.18. The predicted molar refractivity (Wildman–Crippen MR) is 97.1 cm³/mol. The van der Waals surface area contributed by atoms with E-state index in [9.17, 15) is 13.2 Å². The molecular weight excluding hydrogens is 394 g/mol. The molecule has 1 N–H and O–H groups in total. The Morgan fingerprint density at radius 3 is 2.50 bits per heavy atom. The highest BCUT2D eigenvalue weighted by atomic mass is 79.9. The second kappa shape index (κ2) is 8.30. The molecule has 24 heavy (non-hydrogen) atoms. The zero-order valence-corrected chi connectivity index (χ0v) is 15.6. The van der Waals surface area contributed by atoms with Gasteiger partial charge >= 0.3 is 0 Å². The van der Waals surface area contributed by atoms with Crippen LogP contribution in [0.5, 0.6) is 5.75 Å². The molecule has 0 spiro atoms. The van der Waals surface area contributed by atoms with E-state index in [0.29, 0.717) is 11.4 Å². The SMILES string of the molecule is COc1ccc(S(=O)(=O)CCCC(=O)Nc2cccc(Br)c2)cc1. The summed E-state index contributed by atoms with van der Waals surface area (Å²) in [5.74, 6) is 0.311. The number of halogens is 1. The van der Waals surface area contributed by atoms with Crippen molar-refractivity contribution in [1.82, 2.24) is 0 Å². The van der Waals surface area contributed by atoms with Crippen molar-refractivity contribution in [3.8, 4) is 5.75 Å². The van der Waals surface area contributed by atoms with Crippen LogP contribution in [0.1, 0.15) is 12.8 Å². The number of benzene rings is 2. The van der Waals surface area contributed by atoms with Crippen molar-refractivity contribution in [2.24, 2.45) is 0 Å². The van der Waals surface area contributed by atoms with Gasteiger partial charge in [0.05, 0.1) is 17.8 Å². The Hall–Kier alpha value is -1.86. The second-order valence-corrected chi connectivity index (χ2v) is 8.18. The molecule has 1 amide bonds. The van der Waals surface area contributed by atoms with Gasteiger partial charge in [0.15, 0.2) is 9.84 Å². The average Bonchev–Trinajstić information content (AvgIpc) is 2.54. The average molecular weight is 412 g/mol. The molecule has 0 aliphatic rings. The lowest BCUT2D eigenvalue weighted by molar-refractivity contribution is -0.116. The number of carbonyl (C=O) groups is 1. The molecule has 5 nitrogen and oxygen atoms in total. The van der Waals surface area contributed by atoms with Crippen molar-refractivity contribution >= 4 is 37.4 Å². The van der Waals surface area contributed by atoms with Crippen LogP contribution in [0.2, 0.25) is 0 Å². The summed E-state index contributed by atoms with van der Waals surface area (Å²) in [6, 6.07) is 13.5. The lowest BCUT2D eigenvalue weighted by Gasteiger charge is -2.07. The minimum absolute atomic E-state index is 0.0781. The Bertz CT molecular complexity index is 804. The maximum absolute atomic E-state index is 12.2. The monoisotopic (exact) mass is 411 g/mol. The van der Waals surface area contributed by atoms with E-state index in [2.05, 4.69) is 21.2 Å². The highest BCUT2D eigenvalue weighted by Gasteiger charge is 2.15. The summed E-state index contributed by atoms with van der Waals surface area (Å²) in [7, 11) is -1.88. The maximum Gasteiger partial charge on any atom is 0.224 e.